The van der Waals surface area contributed by atoms with Crippen molar-refractivity contribution in [2.45, 2.75) is 18.7 Å². The van der Waals surface area contributed by atoms with Crippen molar-refractivity contribution in [2.24, 2.45) is 7.05 Å². The van der Waals surface area contributed by atoms with Crippen LogP contribution in [0.5, 0.6) is 5.75 Å². The number of carbonyl (C=O) groups is 1. The molecule has 0 amide bonds. The molecular formula is C10H14F3N3O3. The molecule has 1 aromatic rings. The third-order valence-corrected chi connectivity index (χ3v) is 2.24. The highest BCUT2D eigenvalue weighted by atomic mass is 19.4. The van der Waals surface area contributed by atoms with Crippen molar-refractivity contribution >= 4 is 5.97 Å². The fourth-order valence-corrected chi connectivity index (χ4v) is 1.38. The van der Waals surface area contributed by atoms with Crippen molar-refractivity contribution in [3.63, 3.8) is 0 Å². The first-order valence-corrected chi connectivity index (χ1v) is 5.45. The molecule has 1 aliphatic heterocycles. The molecule has 108 valence electrons. The summed E-state index contributed by atoms with van der Waals surface area (Å²) in [6.45, 7) is 2.01. The maximum Gasteiger partial charge on any atom is 0.490 e. The molecule has 0 aromatic carbocycles. The topological polar surface area (TPSA) is 76.4 Å². The van der Waals surface area contributed by atoms with E-state index in [0.29, 0.717) is 6.10 Å². The Morgan fingerprint density at radius 1 is 1.63 bits per heavy atom. The summed E-state index contributed by atoms with van der Waals surface area (Å²) in [4.78, 5) is 8.90. The van der Waals surface area contributed by atoms with E-state index in [1.165, 1.54) is 0 Å². The van der Waals surface area contributed by atoms with Crippen LogP contribution in [0.1, 0.15) is 6.42 Å². The number of hydrogen-bond donors (Lipinski definition) is 2. The number of aliphatic carboxylic acids is 1. The number of ether oxygens (including phenoxy) is 1. The predicted molar refractivity (Wildman–Crippen MR) is 58.8 cm³/mol. The van der Waals surface area contributed by atoms with Gasteiger partial charge in [-0.3, -0.25) is 4.68 Å². The van der Waals surface area contributed by atoms with Crippen LogP contribution in [-0.2, 0) is 11.8 Å². The summed E-state index contributed by atoms with van der Waals surface area (Å²) >= 11 is 0. The molecule has 1 aliphatic rings. The monoisotopic (exact) mass is 281 g/mol. The third-order valence-electron chi connectivity index (χ3n) is 2.24. The van der Waals surface area contributed by atoms with E-state index in [1.54, 1.807) is 10.9 Å². The largest absolute Gasteiger partial charge is 0.490 e. The Bertz CT molecular complexity index is 414. The summed E-state index contributed by atoms with van der Waals surface area (Å²) in [7, 11) is 1.89. The maximum atomic E-state index is 10.6. The number of nitrogens with zero attached hydrogens (tertiary/aromatic N) is 2. The second-order valence-electron chi connectivity index (χ2n) is 3.89. The molecular weight excluding hydrogens is 267 g/mol. The lowest BCUT2D eigenvalue weighted by Gasteiger charge is -2.08. The normalized spacial score (nSPS) is 18.6. The van der Waals surface area contributed by atoms with E-state index < -0.39 is 12.1 Å². The van der Waals surface area contributed by atoms with Crippen LogP contribution in [0.2, 0.25) is 0 Å². The van der Waals surface area contributed by atoms with Crippen LogP contribution in [-0.4, -0.2) is 46.2 Å². The first-order chi connectivity index (χ1) is 8.79. The van der Waals surface area contributed by atoms with Crippen molar-refractivity contribution in [3.05, 3.63) is 12.4 Å². The second kappa shape index (κ2) is 6.41. The van der Waals surface area contributed by atoms with E-state index >= 15 is 0 Å². The molecule has 0 unspecified atom stereocenters. The van der Waals surface area contributed by atoms with Gasteiger partial charge >= 0.3 is 12.1 Å². The van der Waals surface area contributed by atoms with Crippen LogP contribution in [0.3, 0.4) is 0 Å². The number of hydrogen-bond acceptors (Lipinski definition) is 4. The van der Waals surface area contributed by atoms with Crippen molar-refractivity contribution in [3.8, 4) is 5.75 Å². The molecule has 19 heavy (non-hydrogen) atoms. The first kappa shape index (κ1) is 15.3. The van der Waals surface area contributed by atoms with E-state index in [-0.39, 0.29) is 0 Å². The number of carboxylic acids is 1. The summed E-state index contributed by atoms with van der Waals surface area (Å²) in [5.74, 6) is -1.89. The second-order valence-corrected chi connectivity index (χ2v) is 3.89. The summed E-state index contributed by atoms with van der Waals surface area (Å²) < 4.78 is 39.1. The van der Waals surface area contributed by atoms with Gasteiger partial charge in [-0.1, -0.05) is 0 Å². The number of nitrogens with one attached hydrogen (secondary N) is 1. The molecule has 6 nitrogen and oxygen atoms in total. The van der Waals surface area contributed by atoms with Gasteiger partial charge in [0, 0.05) is 13.6 Å². The fraction of sp³-hybridized carbons (Fsp3) is 0.600. The van der Waals surface area contributed by atoms with Crippen molar-refractivity contribution in [1.82, 2.24) is 15.1 Å². The number of halogens is 3. The lowest BCUT2D eigenvalue weighted by Crippen LogP contribution is -2.21. The highest BCUT2D eigenvalue weighted by molar-refractivity contribution is 5.73. The third kappa shape index (κ3) is 5.60. The highest BCUT2D eigenvalue weighted by Crippen LogP contribution is 2.13. The van der Waals surface area contributed by atoms with Crippen LogP contribution in [0, 0.1) is 0 Å². The van der Waals surface area contributed by atoms with Crippen molar-refractivity contribution in [1.29, 1.82) is 0 Å². The smallest absolute Gasteiger partial charge is 0.486 e. The van der Waals surface area contributed by atoms with Gasteiger partial charge in [0.15, 0.2) is 5.75 Å². The lowest BCUT2D eigenvalue weighted by atomic mass is 10.3. The number of aryl methyl sites for hydroxylation is 1. The Morgan fingerprint density at radius 2 is 2.26 bits per heavy atom. The molecule has 0 bridgehead atoms. The molecule has 9 heteroatoms. The van der Waals surface area contributed by atoms with Gasteiger partial charge in [-0.15, -0.1) is 0 Å². The van der Waals surface area contributed by atoms with Crippen LogP contribution in [0.15, 0.2) is 12.4 Å². The summed E-state index contributed by atoms with van der Waals surface area (Å²) in [6, 6.07) is 0. The number of aromatic nitrogens is 2. The van der Waals surface area contributed by atoms with Crippen LogP contribution < -0.4 is 10.1 Å². The SMILES string of the molecule is Cn1cc(O[C@H]2CCNC2)cn1.O=C(O)C(F)(F)F. The average Bonchev–Trinajstić information content (AvgIpc) is 2.90. The van der Waals surface area contributed by atoms with E-state index in [9.17, 15) is 13.2 Å². The molecule has 2 N–H and O–H groups in total. The Hall–Kier alpha value is -1.77. The number of rotatable bonds is 2. The maximum absolute atomic E-state index is 10.6. The number of alkyl halides is 3. The molecule has 0 saturated carbocycles. The van der Waals surface area contributed by atoms with Gasteiger partial charge in [0.25, 0.3) is 0 Å². The molecule has 1 aromatic heterocycles. The fourth-order valence-electron chi connectivity index (χ4n) is 1.38. The van der Waals surface area contributed by atoms with E-state index in [0.717, 1.165) is 25.3 Å². The van der Waals surface area contributed by atoms with Gasteiger partial charge in [-0.05, 0) is 13.0 Å². The van der Waals surface area contributed by atoms with Gasteiger partial charge in [0.1, 0.15) is 6.10 Å². The number of carboxylic acid groups (broad SMARTS) is 1. The zero-order chi connectivity index (χ0) is 14.5. The Kier molecular flexibility index (Phi) is 5.16. The van der Waals surface area contributed by atoms with Gasteiger partial charge in [0.05, 0.1) is 12.4 Å². The Morgan fingerprint density at radius 3 is 2.63 bits per heavy atom. The zero-order valence-electron chi connectivity index (χ0n) is 10.1. The molecule has 1 fully saturated rings. The molecule has 0 spiro atoms. The molecule has 2 rings (SSSR count). The van der Waals surface area contributed by atoms with Gasteiger partial charge in [0.2, 0.25) is 0 Å². The standard InChI is InChI=1S/C8H13N3O.C2HF3O2/c1-11-6-8(5-10-11)12-7-2-3-9-4-7;3-2(4,5)1(6)7/h5-7,9H,2-4H2,1H3;(H,6,7)/t7-;/m0./s1. The van der Waals surface area contributed by atoms with Crippen molar-refractivity contribution < 1.29 is 27.8 Å². The molecule has 2 heterocycles. The van der Waals surface area contributed by atoms with Crippen LogP contribution in [0.4, 0.5) is 13.2 Å². The van der Waals surface area contributed by atoms with Crippen LogP contribution >= 0.6 is 0 Å². The Labute approximate surface area is 107 Å². The minimum atomic E-state index is -5.08. The van der Waals surface area contributed by atoms with Gasteiger partial charge in [-0.2, -0.15) is 18.3 Å². The quantitative estimate of drug-likeness (QED) is 0.838. The minimum absolute atomic E-state index is 0.328. The molecule has 0 aliphatic carbocycles. The summed E-state index contributed by atoms with van der Waals surface area (Å²) in [6.07, 6.45) is -0.0277. The Balaban J connectivity index is 0.000000224. The first-order valence-electron chi connectivity index (χ1n) is 5.45. The van der Waals surface area contributed by atoms with Gasteiger partial charge < -0.3 is 15.2 Å². The lowest BCUT2D eigenvalue weighted by molar-refractivity contribution is -0.192. The summed E-state index contributed by atoms with van der Waals surface area (Å²) in [5.41, 5.74) is 0. The zero-order valence-corrected chi connectivity index (χ0v) is 10.1. The predicted octanol–water partition coefficient (Wildman–Crippen LogP) is 0.794. The molecule has 0 radical (unpaired) electrons. The molecule has 1 saturated heterocycles. The van der Waals surface area contributed by atoms with E-state index in [1.807, 2.05) is 13.2 Å². The minimum Gasteiger partial charge on any atom is -0.486 e. The van der Waals surface area contributed by atoms with E-state index in [2.05, 4.69) is 10.4 Å². The average molecular weight is 281 g/mol. The van der Waals surface area contributed by atoms with Gasteiger partial charge in [-0.25, -0.2) is 4.79 Å². The highest BCUT2D eigenvalue weighted by Gasteiger charge is 2.38. The van der Waals surface area contributed by atoms with Crippen molar-refractivity contribution in [2.75, 3.05) is 13.1 Å². The summed E-state index contributed by atoms with van der Waals surface area (Å²) in [5, 5.41) is 14.4. The molecule has 1 atom stereocenters. The van der Waals surface area contributed by atoms with Crippen LogP contribution in [0.25, 0.3) is 0 Å². The van der Waals surface area contributed by atoms with E-state index in [4.69, 9.17) is 14.6 Å².